The fourth-order valence-corrected chi connectivity index (χ4v) is 2.48. The van der Waals surface area contributed by atoms with Gasteiger partial charge in [-0.3, -0.25) is 9.59 Å². The SMILES string of the molecule is CC(C)c1cccc(NC(=O)CO/N=C(/N)CC(=O)Nc2ccccc2Cl)c1. The summed E-state index contributed by atoms with van der Waals surface area (Å²) in [7, 11) is 0. The Morgan fingerprint density at radius 3 is 2.57 bits per heavy atom. The fraction of sp³-hybridized carbons (Fsp3) is 0.250. The molecule has 4 N–H and O–H groups in total. The number of hydrogen-bond acceptors (Lipinski definition) is 4. The Kier molecular flexibility index (Phi) is 7.83. The molecular formula is C20H23ClN4O3. The van der Waals surface area contributed by atoms with E-state index in [0.717, 1.165) is 5.56 Å². The van der Waals surface area contributed by atoms with Crippen molar-refractivity contribution in [3.63, 3.8) is 0 Å². The molecule has 0 spiro atoms. The number of amides is 2. The highest BCUT2D eigenvalue weighted by Gasteiger charge is 2.09. The normalized spacial score (nSPS) is 11.2. The number of carbonyl (C=O) groups is 2. The van der Waals surface area contributed by atoms with Gasteiger partial charge in [0.15, 0.2) is 6.61 Å². The summed E-state index contributed by atoms with van der Waals surface area (Å²) in [5.41, 5.74) is 7.93. The van der Waals surface area contributed by atoms with Crippen molar-refractivity contribution in [1.82, 2.24) is 0 Å². The number of nitrogens with one attached hydrogen (secondary N) is 2. The molecule has 0 saturated heterocycles. The first-order valence-electron chi connectivity index (χ1n) is 8.73. The van der Waals surface area contributed by atoms with Crippen molar-refractivity contribution in [3.05, 3.63) is 59.1 Å². The van der Waals surface area contributed by atoms with Crippen LogP contribution in [0.4, 0.5) is 11.4 Å². The van der Waals surface area contributed by atoms with Crippen LogP contribution >= 0.6 is 11.6 Å². The summed E-state index contributed by atoms with van der Waals surface area (Å²) in [6.45, 7) is 3.82. The zero-order valence-corrected chi connectivity index (χ0v) is 16.5. The second kappa shape index (κ2) is 10.3. The highest BCUT2D eigenvalue weighted by atomic mass is 35.5. The minimum Gasteiger partial charge on any atom is -0.384 e. The maximum Gasteiger partial charge on any atom is 0.265 e. The van der Waals surface area contributed by atoms with Crippen molar-refractivity contribution in [2.45, 2.75) is 26.2 Å². The van der Waals surface area contributed by atoms with Crippen LogP contribution in [-0.2, 0) is 14.4 Å². The molecule has 28 heavy (non-hydrogen) atoms. The predicted molar refractivity (Wildman–Crippen MR) is 111 cm³/mol. The lowest BCUT2D eigenvalue weighted by atomic mass is 10.0. The van der Waals surface area contributed by atoms with E-state index in [9.17, 15) is 9.59 Å². The minimum absolute atomic E-state index is 0.0563. The number of amidine groups is 1. The number of rotatable bonds is 8. The van der Waals surface area contributed by atoms with Crippen LogP contribution in [0.15, 0.2) is 53.7 Å². The molecule has 0 heterocycles. The summed E-state index contributed by atoms with van der Waals surface area (Å²) in [4.78, 5) is 28.8. The second-order valence-electron chi connectivity index (χ2n) is 6.39. The van der Waals surface area contributed by atoms with Gasteiger partial charge in [-0.15, -0.1) is 0 Å². The Balaban J connectivity index is 1.78. The molecule has 0 saturated carbocycles. The van der Waals surface area contributed by atoms with Crippen molar-refractivity contribution < 1.29 is 14.4 Å². The smallest absolute Gasteiger partial charge is 0.265 e. The van der Waals surface area contributed by atoms with Crippen molar-refractivity contribution >= 4 is 40.6 Å². The molecule has 0 aromatic heterocycles. The van der Waals surface area contributed by atoms with Crippen LogP contribution in [0.25, 0.3) is 0 Å². The number of carbonyl (C=O) groups excluding carboxylic acids is 2. The molecule has 2 aromatic rings. The van der Waals surface area contributed by atoms with Crippen LogP contribution in [0.5, 0.6) is 0 Å². The fourth-order valence-electron chi connectivity index (χ4n) is 2.30. The van der Waals surface area contributed by atoms with E-state index >= 15 is 0 Å². The Labute approximate surface area is 168 Å². The molecule has 0 radical (unpaired) electrons. The van der Waals surface area contributed by atoms with Crippen LogP contribution in [-0.4, -0.2) is 24.3 Å². The van der Waals surface area contributed by atoms with Gasteiger partial charge in [-0.05, 0) is 35.7 Å². The summed E-state index contributed by atoms with van der Waals surface area (Å²) < 4.78 is 0. The van der Waals surface area contributed by atoms with Crippen LogP contribution < -0.4 is 16.4 Å². The van der Waals surface area contributed by atoms with Gasteiger partial charge in [-0.1, -0.05) is 54.9 Å². The second-order valence-corrected chi connectivity index (χ2v) is 6.80. The average Bonchev–Trinajstić information content (AvgIpc) is 2.63. The molecule has 0 bridgehead atoms. The first-order chi connectivity index (χ1) is 13.3. The molecule has 0 fully saturated rings. The van der Waals surface area contributed by atoms with Gasteiger partial charge in [0, 0.05) is 5.69 Å². The third-order valence-corrected chi connectivity index (χ3v) is 4.03. The van der Waals surface area contributed by atoms with Gasteiger partial charge in [0.25, 0.3) is 5.91 Å². The molecule has 7 nitrogen and oxygen atoms in total. The van der Waals surface area contributed by atoms with Gasteiger partial charge < -0.3 is 21.2 Å². The van der Waals surface area contributed by atoms with Crippen molar-refractivity contribution in [1.29, 1.82) is 0 Å². The van der Waals surface area contributed by atoms with Gasteiger partial charge in [0.2, 0.25) is 5.91 Å². The van der Waals surface area contributed by atoms with Gasteiger partial charge in [0.1, 0.15) is 5.84 Å². The quantitative estimate of drug-likeness (QED) is 0.355. The van der Waals surface area contributed by atoms with E-state index in [2.05, 4.69) is 29.6 Å². The maximum absolute atomic E-state index is 11.9. The summed E-state index contributed by atoms with van der Waals surface area (Å²) >= 11 is 5.97. The van der Waals surface area contributed by atoms with Crippen LogP contribution in [0.2, 0.25) is 5.02 Å². The third kappa shape index (κ3) is 6.92. The molecule has 2 aromatic carbocycles. The monoisotopic (exact) mass is 402 g/mol. The number of para-hydroxylation sites is 1. The summed E-state index contributed by atoms with van der Waals surface area (Å²) in [6, 6.07) is 14.4. The van der Waals surface area contributed by atoms with E-state index in [1.807, 2.05) is 18.2 Å². The molecular weight excluding hydrogens is 380 g/mol. The van der Waals surface area contributed by atoms with E-state index in [-0.39, 0.29) is 24.8 Å². The Bertz CT molecular complexity index is 868. The molecule has 8 heteroatoms. The Morgan fingerprint density at radius 1 is 1.11 bits per heavy atom. The number of halogens is 1. The molecule has 2 rings (SSSR count). The Hall–Kier alpha value is -3.06. The molecule has 148 valence electrons. The number of oxime groups is 1. The van der Waals surface area contributed by atoms with E-state index in [1.165, 1.54) is 0 Å². The lowest BCUT2D eigenvalue weighted by Gasteiger charge is -2.09. The highest BCUT2D eigenvalue weighted by Crippen LogP contribution is 2.20. The number of benzene rings is 2. The molecule has 0 aliphatic rings. The van der Waals surface area contributed by atoms with E-state index in [0.29, 0.717) is 22.3 Å². The van der Waals surface area contributed by atoms with E-state index < -0.39 is 5.91 Å². The van der Waals surface area contributed by atoms with Crippen LogP contribution in [0, 0.1) is 0 Å². The maximum atomic E-state index is 11.9. The largest absolute Gasteiger partial charge is 0.384 e. The molecule has 0 aliphatic carbocycles. The van der Waals surface area contributed by atoms with E-state index in [1.54, 1.807) is 30.3 Å². The number of nitrogens with two attached hydrogens (primary N) is 1. The van der Waals surface area contributed by atoms with Crippen molar-refractivity contribution in [2.75, 3.05) is 17.2 Å². The van der Waals surface area contributed by atoms with Gasteiger partial charge in [0.05, 0.1) is 17.1 Å². The van der Waals surface area contributed by atoms with Crippen molar-refractivity contribution in [3.8, 4) is 0 Å². The number of anilines is 2. The Morgan fingerprint density at radius 2 is 1.86 bits per heavy atom. The molecule has 0 atom stereocenters. The zero-order valence-electron chi connectivity index (χ0n) is 15.7. The lowest BCUT2D eigenvalue weighted by Crippen LogP contribution is -2.23. The first kappa shape index (κ1) is 21.2. The lowest BCUT2D eigenvalue weighted by molar-refractivity contribution is -0.120. The minimum atomic E-state index is -0.395. The summed E-state index contributed by atoms with van der Waals surface area (Å²) in [6.07, 6.45) is -0.191. The first-order valence-corrected chi connectivity index (χ1v) is 9.11. The van der Waals surface area contributed by atoms with Gasteiger partial charge in [-0.25, -0.2) is 0 Å². The topological polar surface area (TPSA) is 106 Å². The molecule has 0 aliphatic heterocycles. The average molecular weight is 403 g/mol. The number of nitrogens with zero attached hydrogens (tertiary/aromatic N) is 1. The predicted octanol–water partition coefficient (Wildman–Crippen LogP) is 3.72. The number of hydrogen-bond donors (Lipinski definition) is 3. The van der Waals surface area contributed by atoms with Gasteiger partial charge >= 0.3 is 0 Å². The van der Waals surface area contributed by atoms with Gasteiger partial charge in [-0.2, -0.15) is 0 Å². The van der Waals surface area contributed by atoms with E-state index in [4.69, 9.17) is 22.2 Å². The highest BCUT2D eigenvalue weighted by molar-refractivity contribution is 6.33. The standard InChI is InChI=1S/C20H23ClN4O3/c1-13(2)14-6-5-7-15(10-14)23-20(27)12-28-25-18(22)11-19(26)24-17-9-4-3-8-16(17)21/h3-10,13H,11-12H2,1-2H3,(H2,22,25)(H,23,27)(H,24,26). The third-order valence-electron chi connectivity index (χ3n) is 3.70. The summed E-state index contributed by atoms with van der Waals surface area (Å²) in [5.74, 6) is -0.473. The molecule has 2 amide bonds. The zero-order chi connectivity index (χ0) is 20.5. The molecule has 0 unspecified atom stereocenters. The van der Waals surface area contributed by atoms with Crippen LogP contribution in [0.3, 0.4) is 0 Å². The van der Waals surface area contributed by atoms with Crippen molar-refractivity contribution in [2.24, 2.45) is 10.9 Å². The van der Waals surface area contributed by atoms with Crippen LogP contribution in [0.1, 0.15) is 31.7 Å². The summed E-state index contributed by atoms with van der Waals surface area (Å²) in [5, 5.41) is 9.36.